The van der Waals surface area contributed by atoms with Crippen LogP contribution in [0.15, 0.2) is 48.5 Å². The predicted octanol–water partition coefficient (Wildman–Crippen LogP) is 4.19. The van der Waals surface area contributed by atoms with Gasteiger partial charge in [0.05, 0.1) is 18.9 Å². The van der Waals surface area contributed by atoms with E-state index in [9.17, 15) is 9.59 Å². The number of aryl methyl sites for hydroxylation is 2. The normalized spacial score (nSPS) is 14.1. The highest BCUT2D eigenvalue weighted by Crippen LogP contribution is 2.26. The Morgan fingerprint density at radius 2 is 1.95 bits per heavy atom. The number of nitrogens with zero attached hydrogens (tertiary/aromatic N) is 3. The number of rotatable bonds is 9. The first-order valence-corrected chi connectivity index (χ1v) is 12.5. The maximum absolute atomic E-state index is 13.2. The van der Waals surface area contributed by atoms with Gasteiger partial charge in [-0.1, -0.05) is 12.1 Å². The Kier molecular flexibility index (Phi) is 7.39. The minimum atomic E-state index is 0.0304. The summed E-state index contributed by atoms with van der Waals surface area (Å²) in [6.07, 6.45) is 1.00. The van der Waals surface area contributed by atoms with Gasteiger partial charge in [-0.25, -0.2) is 4.98 Å². The number of ether oxygens (including phenoxy) is 2. The van der Waals surface area contributed by atoms with Gasteiger partial charge in [0.25, 0.3) is 0 Å². The fraction of sp³-hybridized carbons (Fsp3) is 0.310. The predicted molar refractivity (Wildman–Crippen MR) is 141 cm³/mol. The third-order valence-corrected chi connectivity index (χ3v) is 6.66. The fourth-order valence-electron chi connectivity index (χ4n) is 4.61. The molecule has 0 unspecified atom stereocenters. The van der Waals surface area contributed by atoms with Crippen LogP contribution >= 0.6 is 0 Å². The number of fused-ring (bicyclic) bond motifs is 1. The quantitative estimate of drug-likeness (QED) is 0.273. The Labute approximate surface area is 215 Å². The molecule has 0 atom stereocenters. The van der Waals surface area contributed by atoms with Crippen molar-refractivity contribution in [2.45, 2.75) is 20.3 Å². The molecule has 3 heterocycles. The van der Waals surface area contributed by atoms with Gasteiger partial charge < -0.3 is 9.47 Å². The number of ketones is 1. The molecule has 8 nitrogen and oxygen atoms in total. The number of hydrogen-bond donors (Lipinski definition) is 1. The molecule has 1 saturated heterocycles. The Morgan fingerprint density at radius 1 is 1.11 bits per heavy atom. The Morgan fingerprint density at radius 3 is 2.76 bits per heavy atom. The van der Waals surface area contributed by atoms with Gasteiger partial charge in [0.2, 0.25) is 0 Å². The molecular formula is C29H30N4O4. The Balaban J connectivity index is 1.30. The first kappa shape index (κ1) is 24.8. The molecule has 0 spiro atoms. The van der Waals surface area contributed by atoms with E-state index in [1.807, 2.05) is 62.4 Å². The van der Waals surface area contributed by atoms with E-state index >= 15 is 0 Å². The van der Waals surface area contributed by atoms with E-state index in [1.54, 1.807) is 0 Å². The summed E-state index contributed by atoms with van der Waals surface area (Å²) in [5.41, 5.74) is 6.15. The molecule has 1 aliphatic heterocycles. The van der Waals surface area contributed by atoms with E-state index in [4.69, 9.17) is 9.47 Å². The summed E-state index contributed by atoms with van der Waals surface area (Å²) < 4.78 is 11.4. The SMILES string of the molecule is Cc1cc(OCCN2CCOCC2)cc(C(=O)Cc2ccc(C)c(-c3ccc4c(C=O)[nH]nc4n3)c2)c1. The zero-order valence-corrected chi connectivity index (χ0v) is 21.1. The highest BCUT2D eigenvalue weighted by molar-refractivity contribution is 5.98. The summed E-state index contributed by atoms with van der Waals surface area (Å²) in [5, 5.41) is 7.53. The van der Waals surface area contributed by atoms with Gasteiger partial charge in [-0.15, -0.1) is 0 Å². The number of aldehydes is 1. The van der Waals surface area contributed by atoms with Gasteiger partial charge in [-0.2, -0.15) is 5.10 Å². The van der Waals surface area contributed by atoms with Crippen LogP contribution in [0.1, 0.15) is 37.5 Å². The monoisotopic (exact) mass is 498 g/mol. The van der Waals surface area contributed by atoms with Crippen molar-refractivity contribution in [2.24, 2.45) is 0 Å². The van der Waals surface area contributed by atoms with Crippen LogP contribution in [0.3, 0.4) is 0 Å². The van der Waals surface area contributed by atoms with Gasteiger partial charge in [0.1, 0.15) is 18.1 Å². The van der Waals surface area contributed by atoms with E-state index in [0.717, 1.165) is 67.1 Å². The largest absolute Gasteiger partial charge is 0.492 e. The summed E-state index contributed by atoms with van der Waals surface area (Å²) in [6.45, 7) is 8.75. The summed E-state index contributed by atoms with van der Waals surface area (Å²) in [4.78, 5) is 31.4. The maximum Gasteiger partial charge on any atom is 0.182 e. The van der Waals surface area contributed by atoms with Crippen molar-refractivity contribution < 1.29 is 19.1 Å². The van der Waals surface area contributed by atoms with Crippen LogP contribution in [-0.4, -0.2) is 71.6 Å². The number of aromatic amines is 1. The van der Waals surface area contributed by atoms with Crippen LogP contribution in [0.2, 0.25) is 0 Å². The fourth-order valence-corrected chi connectivity index (χ4v) is 4.61. The summed E-state index contributed by atoms with van der Waals surface area (Å²) >= 11 is 0. The van der Waals surface area contributed by atoms with Crippen LogP contribution < -0.4 is 4.74 Å². The lowest BCUT2D eigenvalue weighted by atomic mass is 9.96. The summed E-state index contributed by atoms with van der Waals surface area (Å²) in [5.74, 6) is 0.746. The lowest BCUT2D eigenvalue weighted by Crippen LogP contribution is -2.38. The number of nitrogens with one attached hydrogen (secondary N) is 1. The highest BCUT2D eigenvalue weighted by atomic mass is 16.5. The van der Waals surface area contributed by atoms with E-state index in [0.29, 0.717) is 34.6 Å². The van der Waals surface area contributed by atoms with Crippen molar-refractivity contribution in [3.8, 4) is 17.0 Å². The second kappa shape index (κ2) is 11.0. The molecule has 4 aromatic rings. The first-order valence-electron chi connectivity index (χ1n) is 12.5. The van der Waals surface area contributed by atoms with Crippen LogP contribution in [0.5, 0.6) is 5.75 Å². The Bertz CT molecular complexity index is 1440. The van der Waals surface area contributed by atoms with E-state index in [1.165, 1.54) is 0 Å². The third-order valence-electron chi connectivity index (χ3n) is 6.66. The van der Waals surface area contributed by atoms with Crippen LogP contribution in [0.25, 0.3) is 22.3 Å². The van der Waals surface area contributed by atoms with Crippen molar-refractivity contribution in [2.75, 3.05) is 39.5 Å². The van der Waals surface area contributed by atoms with Gasteiger partial charge >= 0.3 is 0 Å². The van der Waals surface area contributed by atoms with Crippen molar-refractivity contribution in [1.29, 1.82) is 0 Å². The first-order chi connectivity index (χ1) is 18.0. The number of aromatic nitrogens is 3. The van der Waals surface area contributed by atoms with E-state index in [2.05, 4.69) is 20.1 Å². The summed E-state index contributed by atoms with van der Waals surface area (Å²) in [6, 6.07) is 15.4. The standard InChI is InChI=1S/C29H30N4O4/c1-19-13-22(17-23(14-19)37-12-9-33-7-10-36-11-8-33)28(35)16-21-4-3-20(2)25(15-21)26-6-5-24-27(18-34)31-32-29(24)30-26/h3-6,13-15,17-18H,7-12,16H2,1-2H3,(H,30,31,32). The molecule has 0 saturated carbocycles. The molecule has 0 bridgehead atoms. The molecule has 37 heavy (non-hydrogen) atoms. The second-order valence-electron chi connectivity index (χ2n) is 9.41. The average Bonchev–Trinajstić information content (AvgIpc) is 3.32. The topological polar surface area (TPSA) is 97.4 Å². The number of morpholine rings is 1. The van der Waals surface area contributed by atoms with Gasteiger partial charge in [-0.3, -0.25) is 19.6 Å². The molecule has 2 aromatic heterocycles. The maximum atomic E-state index is 13.2. The zero-order chi connectivity index (χ0) is 25.8. The van der Waals surface area contributed by atoms with Crippen LogP contribution in [-0.2, 0) is 11.2 Å². The summed E-state index contributed by atoms with van der Waals surface area (Å²) in [7, 11) is 0. The molecule has 5 rings (SSSR count). The molecule has 1 N–H and O–H groups in total. The highest BCUT2D eigenvalue weighted by Gasteiger charge is 2.14. The van der Waals surface area contributed by atoms with Gasteiger partial charge in [0.15, 0.2) is 17.7 Å². The number of carbonyl (C=O) groups excluding carboxylic acids is 2. The number of pyridine rings is 1. The van der Waals surface area contributed by atoms with E-state index in [-0.39, 0.29) is 12.2 Å². The zero-order valence-electron chi connectivity index (χ0n) is 21.1. The Hall–Kier alpha value is -3.88. The lowest BCUT2D eigenvalue weighted by Gasteiger charge is -2.26. The number of H-pyrrole nitrogens is 1. The molecule has 2 aromatic carbocycles. The molecule has 0 radical (unpaired) electrons. The van der Waals surface area contributed by atoms with Crippen molar-refractivity contribution in [3.63, 3.8) is 0 Å². The van der Waals surface area contributed by atoms with Gasteiger partial charge in [0, 0.05) is 42.6 Å². The minimum Gasteiger partial charge on any atom is -0.492 e. The average molecular weight is 499 g/mol. The second-order valence-corrected chi connectivity index (χ2v) is 9.41. The van der Waals surface area contributed by atoms with Gasteiger partial charge in [-0.05, 0) is 66.9 Å². The lowest BCUT2D eigenvalue weighted by molar-refractivity contribution is 0.0322. The van der Waals surface area contributed by atoms with Crippen molar-refractivity contribution in [3.05, 3.63) is 76.5 Å². The third kappa shape index (κ3) is 5.76. The molecule has 8 heteroatoms. The smallest absolute Gasteiger partial charge is 0.182 e. The van der Waals surface area contributed by atoms with E-state index < -0.39 is 0 Å². The molecule has 0 amide bonds. The van der Waals surface area contributed by atoms with Crippen molar-refractivity contribution in [1.82, 2.24) is 20.1 Å². The van der Waals surface area contributed by atoms with Crippen LogP contribution in [0.4, 0.5) is 0 Å². The molecular weight excluding hydrogens is 468 g/mol. The molecule has 0 aliphatic carbocycles. The molecule has 1 aliphatic rings. The number of carbonyl (C=O) groups is 2. The minimum absolute atomic E-state index is 0.0304. The number of benzene rings is 2. The molecule has 190 valence electrons. The number of Topliss-reactive ketones (excluding diaryl/α,β-unsaturated/α-hetero) is 1. The number of hydrogen-bond acceptors (Lipinski definition) is 7. The molecule has 1 fully saturated rings. The van der Waals surface area contributed by atoms with Crippen molar-refractivity contribution >= 4 is 23.1 Å². The van der Waals surface area contributed by atoms with Crippen LogP contribution in [0, 0.1) is 13.8 Å².